The number of carboxylic acid groups (broad SMARTS) is 1. The number of ether oxygens (including phenoxy) is 1. The Labute approximate surface area is 124 Å². The minimum absolute atomic E-state index is 0.310. The number of rotatable bonds is 3. The molecule has 0 spiro atoms. The second kappa shape index (κ2) is 5.18. The Kier molecular flexibility index (Phi) is 3.52. The van der Waals surface area contributed by atoms with E-state index in [0.717, 1.165) is 10.9 Å². The van der Waals surface area contributed by atoms with Crippen LogP contribution < -0.4 is 10.4 Å². The van der Waals surface area contributed by atoms with Gasteiger partial charge in [-0.05, 0) is 31.0 Å². The average molecular weight is 339 g/mol. The van der Waals surface area contributed by atoms with Crippen molar-refractivity contribution in [3.63, 3.8) is 0 Å². The lowest BCUT2D eigenvalue weighted by molar-refractivity contribution is -0.313. The fourth-order valence-corrected chi connectivity index (χ4v) is 3.50. The Morgan fingerprint density at radius 1 is 1.25 bits per heavy atom. The van der Waals surface area contributed by atoms with Gasteiger partial charge in [-0.25, -0.2) is 0 Å². The van der Waals surface area contributed by atoms with Gasteiger partial charge < -0.3 is 20.0 Å². The maximum atomic E-state index is 12.3. The molecule has 1 amide bonds. The highest BCUT2D eigenvalue weighted by Gasteiger charge is 2.52. The molecule has 1 aromatic rings. The molecule has 4 atom stereocenters. The van der Waals surface area contributed by atoms with Crippen LogP contribution in [0.5, 0.6) is 0 Å². The molecular weight excluding hydrogens is 326 g/mol. The summed E-state index contributed by atoms with van der Waals surface area (Å²) in [7, 11) is 0. The molecule has 0 aromatic heterocycles. The molecule has 0 radical (unpaired) electrons. The smallest absolute Gasteiger partial charge is 0.230 e. The van der Waals surface area contributed by atoms with Gasteiger partial charge in [0.15, 0.2) is 0 Å². The number of carbonyl (C=O) groups excluding carboxylic acids is 2. The van der Waals surface area contributed by atoms with Crippen molar-refractivity contribution >= 4 is 33.5 Å². The Morgan fingerprint density at radius 2 is 1.95 bits per heavy atom. The summed E-state index contributed by atoms with van der Waals surface area (Å²) in [4.78, 5) is 23.6. The van der Waals surface area contributed by atoms with E-state index >= 15 is 0 Å². The third kappa shape index (κ3) is 2.33. The molecule has 2 saturated heterocycles. The van der Waals surface area contributed by atoms with Crippen LogP contribution in [0.2, 0.25) is 0 Å². The summed E-state index contributed by atoms with van der Waals surface area (Å²) in [5.41, 5.74) is 0.629. The van der Waals surface area contributed by atoms with Gasteiger partial charge in [-0.3, -0.25) is 4.79 Å². The number of nitrogens with one attached hydrogen (secondary N) is 1. The molecule has 1 aromatic carbocycles. The zero-order valence-corrected chi connectivity index (χ0v) is 12.1. The highest BCUT2D eigenvalue weighted by atomic mass is 79.9. The van der Waals surface area contributed by atoms with Crippen LogP contribution in [0.25, 0.3) is 0 Å². The topological polar surface area (TPSA) is 78.5 Å². The van der Waals surface area contributed by atoms with E-state index in [-0.39, 0.29) is 18.1 Å². The van der Waals surface area contributed by atoms with Crippen LogP contribution >= 0.6 is 15.9 Å². The second-order valence-corrected chi connectivity index (χ2v) is 6.08. The van der Waals surface area contributed by atoms with E-state index in [9.17, 15) is 14.7 Å². The number of benzene rings is 1. The third-order valence-electron chi connectivity index (χ3n) is 3.94. The minimum Gasteiger partial charge on any atom is -0.550 e. The van der Waals surface area contributed by atoms with Gasteiger partial charge in [0.25, 0.3) is 0 Å². The summed E-state index contributed by atoms with van der Waals surface area (Å²) in [6.07, 6.45) is 0.716. The highest BCUT2D eigenvalue weighted by Crippen LogP contribution is 2.43. The van der Waals surface area contributed by atoms with Crippen molar-refractivity contribution in [1.29, 1.82) is 0 Å². The molecule has 0 saturated carbocycles. The molecule has 106 valence electrons. The molecule has 3 rings (SSSR count). The Hall–Kier alpha value is -1.40. The molecule has 2 bridgehead atoms. The number of amides is 1. The standard InChI is InChI=1S/C14H14BrNO4/c15-7-2-1-3-8(6-7)16-13(17)11-9-4-5-10(20-9)12(11)14(18)19/h1-3,6,9-12H,4-5H2,(H,16,17)(H,18,19)/p-1/t9-,10+,11+,12-/m1/s1. The van der Waals surface area contributed by atoms with Crippen LogP contribution in [0, 0.1) is 11.8 Å². The number of anilines is 1. The molecule has 2 aliphatic heterocycles. The molecule has 2 heterocycles. The fourth-order valence-electron chi connectivity index (χ4n) is 3.10. The number of carboxylic acids is 1. The fraction of sp³-hybridized carbons (Fsp3) is 0.429. The summed E-state index contributed by atoms with van der Waals surface area (Å²) >= 11 is 3.32. The summed E-state index contributed by atoms with van der Waals surface area (Å²) in [5.74, 6) is -3.03. The van der Waals surface area contributed by atoms with E-state index in [0.29, 0.717) is 12.1 Å². The van der Waals surface area contributed by atoms with Gasteiger partial charge in [-0.1, -0.05) is 22.0 Å². The van der Waals surface area contributed by atoms with Crippen molar-refractivity contribution in [2.75, 3.05) is 5.32 Å². The largest absolute Gasteiger partial charge is 0.550 e. The molecule has 0 unspecified atom stereocenters. The quantitative estimate of drug-likeness (QED) is 0.889. The van der Waals surface area contributed by atoms with Crippen molar-refractivity contribution in [2.24, 2.45) is 11.8 Å². The summed E-state index contributed by atoms with van der Waals surface area (Å²) in [5, 5.41) is 14.0. The Bertz CT molecular complexity index is 562. The van der Waals surface area contributed by atoms with Crippen LogP contribution in [-0.4, -0.2) is 24.1 Å². The second-order valence-electron chi connectivity index (χ2n) is 5.16. The molecule has 2 aliphatic rings. The molecule has 0 aliphatic carbocycles. The van der Waals surface area contributed by atoms with Crippen molar-refractivity contribution in [3.8, 4) is 0 Å². The summed E-state index contributed by atoms with van der Waals surface area (Å²) < 4.78 is 6.39. The number of hydrogen-bond acceptors (Lipinski definition) is 4. The molecule has 6 heteroatoms. The Balaban J connectivity index is 1.78. The van der Waals surface area contributed by atoms with Crippen LogP contribution in [0.15, 0.2) is 28.7 Å². The SMILES string of the molecule is O=C(Nc1cccc(Br)c1)[C@@H]1[C@H](C(=O)[O-])[C@@H]2CC[C@H]1O2. The van der Waals surface area contributed by atoms with Gasteiger partial charge in [0.05, 0.1) is 18.1 Å². The van der Waals surface area contributed by atoms with E-state index in [2.05, 4.69) is 21.2 Å². The van der Waals surface area contributed by atoms with E-state index in [1.165, 1.54) is 0 Å². The predicted molar refractivity (Wildman–Crippen MR) is 72.7 cm³/mol. The third-order valence-corrected chi connectivity index (χ3v) is 4.43. The highest BCUT2D eigenvalue weighted by molar-refractivity contribution is 9.10. The van der Waals surface area contributed by atoms with Crippen LogP contribution in [0.3, 0.4) is 0 Å². The zero-order valence-electron chi connectivity index (χ0n) is 10.5. The van der Waals surface area contributed by atoms with Gasteiger partial charge in [-0.2, -0.15) is 0 Å². The Morgan fingerprint density at radius 3 is 2.60 bits per heavy atom. The lowest BCUT2D eigenvalue weighted by Gasteiger charge is -2.27. The van der Waals surface area contributed by atoms with E-state index in [1.807, 2.05) is 6.07 Å². The number of carbonyl (C=O) groups is 2. The van der Waals surface area contributed by atoms with E-state index in [1.54, 1.807) is 18.2 Å². The van der Waals surface area contributed by atoms with Crippen molar-refractivity contribution in [3.05, 3.63) is 28.7 Å². The first-order chi connectivity index (χ1) is 9.56. The first kappa shape index (κ1) is 13.6. The van der Waals surface area contributed by atoms with Crippen LogP contribution in [0.1, 0.15) is 12.8 Å². The molecule has 2 fully saturated rings. The predicted octanol–water partition coefficient (Wildman–Crippen LogP) is 0.931. The van der Waals surface area contributed by atoms with Crippen molar-refractivity contribution in [1.82, 2.24) is 0 Å². The minimum atomic E-state index is -1.20. The number of hydrogen-bond donors (Lipinski definition) is 1. The average Bonchev–Trinajstić information content (AvgIpc) is 2.98. The molecule has 1 N–H and O–H groups in total. The first-order valence-electron chi connectivity index (χ1n) is 6.49. The number of aliphatic carboxylic acids is 1. The van der Waals surface area contributed by atoms with Crippen LogP contribution in [-0.2, 0) is 14.3 Å². The summed E-state index contributed by atoms with van der Waals surface area (Å²) in [6, 6.07) is 7.16. The van der Waals surface area contributed by atoms with E-state index in [4.69, 9.17) is 4.74 Å². The lowest BCUT2D eigenvalue weighted by atomic mass is 9.78. The summed E-state index contributed by atoms with van der Waals surface area (Å²) in [6.45, 7) is 0. The normalized spacial score (nSPS) is 31.2. The van der Waals surface area contributed by atoms with E-state index < -0.39 is 17.8 Å². The van der Waals surface area contributed by atoms with Gasteiger partial charge in [0.1, 0.15) is 0 Å². The van der Waals surface area contributed by atoms with Gasteiger partial charge in [0, 0.05) is 22.0 Å². The number of fused-ring (bicyclic) bond motifs is 2. The maximum absolute atomic E-state index is 12.3. The maximum Gasteiger partial charge on any atom is 0.230 e. The monoisotopic (exact) mass is 338 g/mol. The van der Waals surface area contributed by atoms with Crippen LogP contribution in [0.4, 0.5) is 5.69 Å². The molecular formula is C14H13BrNO4-. The first-order valence-corrected chi connectivity index (χ1v) is 7.28. The zero-order chi connectivity index (χ0) is 14.3. The van der Waals surface area contributed by atoms with Gasteiger partial charge >= 0.3 is 0 Å². The molecule has 5 nitrogen and oxygen atoms in total. The lowest BCUT2D eigenvalue weighted by Crippen LogP contribution is -2.46. The van der Waals surface area contributed by atoms with Gasteiger partial charge in [0.2, 0.25) is 5.91 Å². The van der Waals surface area contributed by atoms with Crippen molar-refractivity contribution in [2.45, 2.75) is 25.0 Å². The molecule has 20 heavy (non-hydrogen) atoms. The van der Waals surface area contributed by atoms with Crippen molar-refractivity contribution < 1.29 is 19.4 Å². The number of halogens is 1. The van der Waals surface area contributed by atoms with Gasteiger partial charge in [-0.15, -0.1) is 0 Å².